The van der Waals surface area contributed by atoms with Crippen molar-refractivity contribution in [2.45, 2.75) is 26.4 Å². The van der Waals surface area contributed by atoms with Crippen LogP contribution in [0.25, 0.3) is 10.9 Å². The average Bonchev–Trinajstić information content (AvgIpc) is 2.96. The molecule has 0 aliphatic heterocycles. The highest BCUT2D eigenvalue weighted by Crippen LogP contribution is 2.23. The maximum absolute atomic E-state index is 13.5. The van der Waals surface area contributed by atoms with Crippen LogP contribution in [0.4, 0.5) is 8.78 Å². The summed E-state index contributed by atoms with van der Waals surface area (Å²) < 4.78 is 31.8. The number of ether oxygens (including phenoxy) is 1. The fourth-order valence-corrected chi connectivity index (χ4v) is 2.79. The number of benzene rings is 2. The third-order valence-electron chi connectivity index (χ3n) is 4.24. The molecule has 0 aliphatic carbocycles. The standard InChI is InChI=1S/C20H19F2N3O3/c1-11-16(17-9-14(22)5-8-18(17)23-11)10-19(26)24-25-20(27)12(2)28-15-6-3-13(21)4-7-15/h3-9,12,23H,10H2,1-2H3,(H,24,26)(H,25,27). The first-order valence-corrected chi connectivity index (χ1v) is 8.61. The number of fused-ring (bicyclic) bond motifs is 1. The van der Waals surface area contributed by atoms with Crippen LogP contribution in [0.2, 0.25) is 0 Å². The summed E-state index contributed by atoms with van der Waals surface area (Å²) in [6, 6.07) is 9.54. The molecule has 0 saturated heterocycles. The summed E-state index contributed by atoms with van der Waals surface area (Å²) in [5.41, 5.74) is 6.72. The van der Waals surface area contributed by atoms with Gasteiger partial charge in [-0.15, -0.1) is 0 Å². The van der Waals surface area contributed by atoms with Gasteiger partial charge in [-0.1, -0.05) is 0 Å². The summed E-state index contributed by atoms with van der Waals surface area (Å²) in [7, 11) is 0. The molecule has 0 spiro atoms. The average molecular weight is 387 g/mol. The number of hydrogen-bond donors (Lipinski definition) is 3. The number of carbonyl (C=O) groups excluding carboxylic acids is 2. The summed E-state index contributed by atoms with van der Waals surface area (Å²) >= 11 is 0. The zero-order valence-electron chi connectivity index (χ0n) is 15.3. The summed E-state index contributed by atoms with van der Waals surface area (Å²) in [5.74, 6) is -1.51. The van der Waals surface area contributed by atoms with Gasteiger partial charge in [0.25, 0.3) is 5.91 Å². The van der Waals surface area contributed by atoms with Gasteiger partial charge in [0.15, 0.2) is 6.10 Å². The molecule has 0 fully saturated rings. The molecule has 1 heterocycles. The Hall–Kier alpha value is -3.42. The highest BCUT2D eigenvalue weighted by Gasteiger charge is 2.17. The molecule has 0 aliphatic rings. The second-order valence-electron chi connectivity index (χ2n) is 6.35. The zero-order chi connectivity index (χ0) is 20.3. The second-order valence-corrected chi connectivity index (χ2v) is 6.35. The van der Waals surface area contributed by atoms with E-state index in [2.05, 4.69) is 15.8 Å². The van der Waals surface area contributed by atoms with E-state index in [9.17, 15) is 18.4 Å². The Kier molecular flexibility index (Phi) is 5.58. The number of rotatable bonds is 5. The lowest BCUT2D eigenvalue weighted by Gasteiger charge is -2.15. The molecule has 8 heteroatoms. The Morgan fingerprint density at radius 1 is 1.07 bits per heavy atom. The molecule has 0 bridgehead atoms. The van der Waals surface area contributed by atoms with E-state index in [1.807, 2.05) is 0 Å². The maximum Gasteiger partial charge on any atom is 0.279 e. The van der Waals surface area contributed by atoms with Crippen LogP contribution >= 0.6 is 0 Å². The lowest BCUT2D eigenvalue weighted by molar-refractivity contribution is -0.132. The molecule has 1 aromatic heterocycles. The Labute approximate surface area is 159 Å². The number of nitrogens with one attached hydrogen (secondary N) is 3. The van der Waals surface area contributed by atoms with Crippen molar-refractivity contribution in [1.29, 1.82) is 0 Å². The number of H-pyrrole nitrogens is 1. The number of aryl methyl sites for hydroxylation is 1. The molecule has 1 unspecified atom stereocenters. The van der Waals surface area contributed by atoms with Crippen LogP contribution in [0, 0.1) is 18.6 Å². The van der Waals surface area contributed by atoms with E-state index in [0.717, 1.165) is 11.2 Å². The molecule has 3 aromatic rings. The van der Waals surface area contributed by atoms with Gasteiger partial charge in [0.1, 0.15) is 17.4 Å². The molecule has 1 atom stereocenters. The number of hydrazine groups is 1. The van der Waals surface area contributed by atoms with E-state index in [0.29, 0.717) is 16.7 Å². The third-order valence-corrected chi connectivity index (χ3v) is 4.24. The van der Waals surface area contributed by atoms with Crippen molar-refractivity contribution in [2.75, 3.05) is 0 Å². The molecule has 146 valence electrons. The third kappa shape index (κ3) is 4.46. The van der Waals surface area contributed by atoms with E-state index >= 15 is 0 Å². The number of hydrogen-bond acceptors (Lipinski definition) is 3. The smallest absolute Gasteiger partial charge is 0.279 e. The molecule has 3 rings (SSSR count). The van der Waals surface area contributed by atoms with Crippen LogP contribution < -0.4 is 15.6 Å². The molecular formula is C20H19F2N3O3. The lowest BCUT2D eigenvalue weighted by Crippen LogP contribution is -2.47. The van der Waals surface area contributed by atoms with Crippen molar-refractivity contribution in [3.05, 3.63) is 65.4 Å². The van der Waals surface area contributed by atoms with Crippen LogP contribution in [0.3, 0.4) is 0 Å². The number of aromatic nitrogens is 1. The van der Waals surface area contributed by atoms with Crippen molar-refractivity contribution >= 4 is 22.7 Å². The predicted molar refractivity (Wildman–Crippen MR) is 99.5 cm³/mol. The van der Waals surface area contributed by atoms with Gasteiger partial charge >= 0.3 is 0 Å². The topological polar surface area (TPSA) is 83.2 Å². The Bertz CT molecular complexity index is 1020. The van der Waals surface area contributed by atoms with Gasteiger partial charge in [-0.05, 0) is 61.9 Å². The van der Waals surface area contributed by atoms with Crippen LogP contribution in [0.5, 0.6) is 5.75 Å². The molecule has 6 nitrogen and oxygen atoms in total. The van der Waals surface area contributed by atoms with Crippen LogP contribution in [0.1, 0.15) is 18.2 Å². The maximum atomic E-state index is 13.5. The van der Waals surface area contributed by atoms with Gasteiger partial charge in [-0.3, -0.25) is 20.4 Å². The fourth-order valence-electron chi connectivity index (χ4n) is 2.79. The highest BCUT2D eigenvalue weighted by molar-refractivity contribution is 5.91. The summed E-state index contributed by atoms with van der Waals surface area (Å²) in [6.07, 6.45) is -0.947. The first kappa shape index (κ1) is 19.3. The number of amides is 2. The minimum Gasteiger partial charge on any atom is -0.481 e. The lowest BCUT2D eigenvalue weighted by atomic mass is 10.1. The van der Waals surface area contributed by atoms with Gasteiger partial charge in [0.2, 0.25) is 5.91 Å². The monoisotopic (exact) mass is 387 g/mol. The zero-order valence-corrected chi connectivity index (χ0v) is 15.3. The van der Waals surface area contributed by atoms with Crippen molar-refractivity contribution in [2.24, 2.45) is 0 Å². The summed E-state index contributed by atoms with van der Waals surface area (Å²) in [5, 5.41) is 0.618. The van der Waals surface area contributed by atoms with E-state index in [4.69, 9.17) is 4.74 Å². The quantitative estimate of drug-likeness (QED) is 0.589. The van der Waals surface area contributed by atoms with Gasteiger partial charge in [0, 0.05) is 16.6 Å². The first-order chi connectivity index (χ1) is 13.3. The van der Waals surface area contributed by atoms with E-state index < -0.39 is 29.6 Å². The molecule has 2 amide bonds. The Morgan fingerprint density at radius 2 is 1.75 bits per heavy atom. The minimum absolute atomic E-state index is 0.0389. The predicted octanol–water partition coefficient (Wildman–Crippen LogP) is 2.91. The van der Waals surface area contributed by atoms with Crippen LogP contribution in [-0.4, -0.2) is 22.9 Å². The van der Waals surface area contributed by atoms with Crippen molar-refractivity contribution < 1.29 is 23.1 Å². The van der Waals surface area contributed by atoms with Crippen molar-refractivity contribution in [3.8, 4) is 5.75 Å². The molecule has 3 N–H and O–H groups in total. The normalized spacial score (nSPS) is 11.9. The molecule has 0 radical (unpaired) electrons. The van der Waals surface area contributed by atoms with Crippen LogP contribution in [-0.2, 0) is 16.0 Å². The largest absolute Gasteiger partial charge is 0.481 e. The molecule has 0 saturated carbocycles. The number of aromatic amines is 1. The molecule has 2 aromatic carbocycles. The van der Waals surface area contributed by atoms with Gasteiger partial charge in [0.05, 0.1) is 6.42 Å². The van der Waals surface area contributed by atoms with E-state index in [-0.39, 0.29) is 6.42 Å². The minimum atomic E-state index is -0.908. The summed E-state index contributed by atoms with van der Waals surface area (Å²) in [6.45, 7) is 3.29. The Morgan fingerprint density at radius 3 is 2.46 bits per heavy atom. The van der Waals surface area contributed by atoms with Crippen molar-refractivity contribution in [3.63, 3.8) is 0 Å². The van der Waals surface area contributed by atoms with E-state index in [1.54, 1.807) is 13.0 Å². The van der Waals surface area contributed by atoms with Crippen LogP contribution in [0.15, 0.2) is 42.5 Å². The SMILES string of the molecule is Cc1[nH]c2ccc(F)cc2c1CC(=O)NNC(=O)C(C)Oc1ccc(F)cc1. The number of carbonyl (C=O) groups is 2. The fraction of sp³-hybridized carbons (Fsp3) is 0.200. The van der Waals surface area contributed by atoms with E-state index in [1.165, 1.54) is 43.3 Å². The van der Waals surface area contributed by atoms with Gasteiger partial charge in [-0.25, -0.2) is 8.78 Å². The Balaban J connectivity index is 1.56. The van der Waals surface area contributed by atoms with Gasteiger partial charge in [-0.2, -0.15) is 0 Å². The second kappa shape index (κ2) is 8.08. The summed E-state index contributed by atoms with van der Waals surface area (Å²) in [4.78, 5) is 27.4. The van der Waals surface area contributed by atoms with Crippen molar-refractivity contribution in [1.82, 2.24) is 15.8 Å². The highest BCUT2D eigenvalue weighted by atomic mass is 19.1. The molecular weight excluding hydrogens is 368 g/mol. The first-order valence-electron chi connectivity index (χ1n) is 8.61. The number of halogens is 2. The molecule has 28 heavy (non-hydrogen) atoms. The van der Waals surface area contributed by atoms with Gasteiger partial charge < -0.3 is 9.72 Å².